The first-order valence-corrected chi connectivity index (χ1v) is 4.87. The van der Waals surface area contributed by atoms with Crippen molar-refractivity contribution in [2.24, 2.45) is 5.73 Å². The van der Waals surface area contributed by atoms with Crippen molar-refractivity contribution in [1.29, 1.82) is 0 Å². The van der Waals surface area contributed by atoms with E-state index in [2.05, 4.69) is 4.98 Å². The van der Waals surface area contributed by atoms with Crippen LogP contribution in [0.3, 0.4) is 0 Å². The van der Waals surface area contributed by atoms with Gasteiger partial charge in [-0.3, -0.25) is 0 Å². The molecule has 0 atom stereocenters. The number of fused-ring (bicyclic) bond motifs is 1. The van der Waals surface area contributed by atoms with Gasteiger partial charge in [0.25, 0.3) is 0 Å². The van der Waals surface area contributed by atoms with Crippen molar-refractivity contribution in [3.8, 4) is 0 Å². The summed E-state index contributed by atoms with van der Waals surface area (Å²) in [5.74, 6) is -1.44. The lowest BCUT2D eigenvalue weighted by Gasteiger charge is -1.98. The van der Waals surface area contributed by atoms with Crippen molar-refractivity contribution >= 4 is 16.9 Å². The van der Waals surface area contributed by atoms with E-state index in [0.29, 0.717) is 29.4 Å². The summed E-state index contributed by atoms with van der Waals surface area (Å²) in [4.78, 5) is 13.7. The molecule has 0 aliphatic carbocycles. The third-order valence-electron chi connectivity index (χ3n) is 2.48. The first kappa shape index (κ1) is 10.6. The van der Waals surface area contributed by atoms with Gasteiger partial charge in [0.15, 0.2) is 0 Å². The quantitative estimate of drug-likeness (QED) is 0.736. The number of nitrogens with two attached hydrogens (primary N) is 1. The summed E-state index contributed by atoms with van der Waals surface area (Å²) in [6.07, 6.45) is 0.408. The maximum Gasteiger partial charge on any atom is 0.352 e. The Morgan fingerprint density at radius 2 is 2.25 bits per heavy atom. The van der Waals surface area contributed by atoms with Crippen LogP contribution in [0.4, 0.5) is 4.39 Å². The van der Waals surface area contributed by atoms with E-state index in [1.54, 1.807) is 0 Å². The molecule has 0 unspecified atom stereocenters. The van der Waals surface area contributed by atoms with Gasteiger partial charge in [-0.05, 0) is 36.7 Å². The van der Waals surface area contributed by atoms with Gasteiger partial charge in [-0.25, -0.2) is 9.18 Å². The highest BCUT2D eigenvalue weighted by Gasteiger charge is 2.16. The van der Waals surface area contributed by atoms with Crippen molar-refractivity contribution in [3.05, 3.63) is 35.3 Å². The molecule has 0 spiro atoms. The molecule has 1 aromatic carbocycles. The van der Waals surface area contributed by atoms with Gasteiger partial charge < -0.3 is 15.8 Å². The fourth-order valence-electron chi connectivity index (χ4n) is 1.81. The number of carboxylic acid groups (broad SMARTS) is 1. The molecule has 5 heteroatoms. The minimum atomic E-state index is -1.06. The third kappa shape index (κ3) is 1.65. The minimum absolute atomic E-state index is 0.0889. The van der Waals surface area contributed by atoms with Crippen LogP contribution in [-0.2, 0) is 6.42 Å². The number of carbonyl (C=O) groups is 1. The summed E-state index contributed by atoms with van der Waals surface area (Å²) < 4.78 is 13.1. The van der Waals surface area contributed by atoms with Crippen LogP contribution >= 0.6 is 0 Å². The highest BCUT2D eigenvalue weighted by Crippen LogP contribution is 2.23. The van der Waals surface area contributed by atoms with E-state index in [1.165, 1.54) is 18.2 Å². The van der Waals surface area contributed by atoms with Crippen molar-refractivity contribution in [2.75, 3.05) is 6.54 Å². The van der Waals surface area contributed by atoms with E-state index in [0.717, 1.165) is 0 Å². The molecule has 0 aliphatic rings. The number of halogens is 1. The lowest BCUT2D eigenvalue weighted by molar-refractivity contribution is 0.0690. The number of carboxylic acids is 1. The van der Waals surface area contributed by atoms with Gasteiger partial charge in [0, 0.05) is 10.9 Å². The summed E-state index contributed by atoms with van der Waals surface area (Å²) in [5.41, 5.74) is 6.68. The van der Waals surface area contributed by atoms with Crippen LogP contribution in [0.15, 0.2) is 18.2 Å². The Morgan fingerprint density at radius 3 is 2.88 bits per heavy atom. The molecule has 2 aromatic rings. The van der Waals surface area contributed by atoms with Crippen molar-refractivity contribution in [3.63, 3.8) is 0 Å². The number of H-pyrrole nitrogens is 1. The van der Waals surface area contributed by atoms with Crippen LogP contribution in [0.5, 0.6) is 0 Å². The summed E-state index contributed by atoms with van der Waals surface area (Å²) in [5, 5.41) is 9.58. The molecule has 0 saturated carbocycles. The van der Waals surface area contributed by atoms with Gasteiger partial charge in [-0.2, -0.15) is 0 Å². The van der Waals surface area contributed by atoms with Crippen molar-refractivity contribution in [1.82, 2.24) is 4.98 Å². The van der Waals surface area contributed by atoms with Crippen LogP contribution in [0.2, 0.25) is 0 Å². The van der Waals surface area contributed by atoms with Gasteiger partial charge in [0.05, 0.1) is 0 Å². The zero-order valence-corrected chi connectivity index (χ0v) is 8.46. The normalized spacial score (nSPS) is 10.9. The van der Waals surface area contributed by atoms with Gasteiger partial charge in [0.1, 0.15) is 11.5 Å². The maximum absolute atomic E-state index is 13.1. The summed E-state index contributed by atoms with van der Waals surface area (Å²) in [6, 6.07) is 4.14. The number of benzene rings is 1. The number of aromatic carboxylic acids is 1. The number of aromatic nitrogens is 1. The predicted octanol–water partition coefficient (Wildman–Crippen LogP) is 1.51. The Labute approximate surface area is 90.9 Å². The lowest BCUT2D eigenvalue weighted by Crippen LogP contribution is -2.07. The average Bonchev–Trinajstić information content (AvgIpc) is 2.58. The molecule has 0 aliphatic heterocycles. The third-order valence-corrected chi connectivity index (χ3v) is 2.48. The summed E-state index contributed by atoms with van der Waals surface area (Å²) in [6.45, 7) is 0.323. The van der Waals surface area contributed by atoms with Crippen LogP contribution < -0.4 is 5.73 Å². The number of nitrogens with one attached hydrogen (secondary N) is 1. The first-order valence-electron chi connectivity index (χ1n) is 4.87. The highest BCUT2D eigenvalue weighted by molar-refractivity contribution is 5.97. The fourth-order valence-corrected chi connectivity index (χ4v) is 1.81. The van der Waals surface area contributed by atoms with Gasteiger partial charge in [-0.1, -0.05) is 0 Å². The van der Waals surface area contributed by atoms with Crippen molar-refractivity contribution < 1.29 is 14.3 Å². The van der Waals surface area contributed by atoms with E-state index in [-0.39, 0.29) is 11.5 Å². The molecular formula is C11H11FN2O2. The second kappa shape index (κ2) is 3.94. The van der Waals surface area contributed by atoms with E-state index < -0.39 is 5.97 Å². The second-order valence-corrected chi connectivity index (χ2v) is 3.51. The SMILES string of the molecule is NCCc1c(C(=O)O)[nH]c2ccc(F)cc12. The van der Waals surface area contributed by atoms with Crippen LogP contribution in [-0.4, -0.2) is 22.6 Å². The van der Waals surface area contributed by atoms with E-state index in [4.69, 9.17) is 10.8 Å². The highest BCUT2D eigenvalue weighted by atomic mass is 19.1. The van der Waals surface area contributed by atoms with E-state index >= 15 is 0 Å². The molecule has 84 valence electrons. The topological polar surface area (TPSA) is 79.1 Å². The number of hydrogen-bond donors (Lipinski definition) is 3. The molecule has 16 heavy (non-hydrogen) atoms. The van der Waals surface area contributed by atoms with Crippen molar-refractivity contribution in [2.45, 2.75) is 6.42 Å². The Balaban J connectivity index is 2.71. The largest absolute Gasteiger partial charge is 0.477 e. The Kier molecular flexibility index (Phi) is 2.62. The standard InChI is InChI=1S/C11H11FN2O2/c12-6-1-2-9-8(5-6)7(3-4-13)10(14-9)11(15)16/h1-2,5,14H,3-4,13H2,(H,15,16). The van der Waals surface area contributed by atoms with Crippen LogP contribution in [0.25, 0.3) is 10.9 Å². The Hall–Kier alpha value is -1.88. The smallest absolute Gasteiger partial charge is 0.352 e. The van der Waals surface area contributed by atoms with Crippen LogP contribution in [0.1, 0.15) is 16.1 Å². The zero-order valence-electron chi connectivity index (χ0n) is 8.46. The molecule has 1 heterocycles. The first-order chi connectivity index (χ1) is 7.63. The molecule has 4 N–H and O–H groups in total. The molecule has 0 fully saturated rings. The maximum atomic E-state index is 13.1. The Morgan fingerprint density at radius 1 is 1.50 bits per heavy atom. The van der Waals surface area contributed by atoms with Gasteiger partial charge in [-0.15, -0.1) is 0 Å². The van der Waals surface area contributed by atoms with E-state index in [1.807, 2.05) is 0 Å². The van der Waals surface area contributed by atoms with Gasteiger partial charge >= 0.3 is 5.97 Å². The molecule has 0 bridgehead atoms. The number of hydrogen-bond acceptors (Lipinski definition) is 2. The second-order valence-electron chi connectivity index (χ2n) is 3.51. The fraction of sp³-hybridized carbons (Fsp3) is 0.182. The zero-order chi connectivity index (χ0) is 11.7. The molecule has 0 radical (unpaired) electrons. The molecule has 2 rings (SSSR count). The van der Waals surface area contributed by atoms with Gasteiger partial charge in [0.2, 0.25) is 0 Å². The summed E-state index contributed by atoms with van der Waals surface area (Å²) in [7, 11) is 0. The molecule has 0 saturated heterocycles. The Bertz CT molecular complexity index is 548. The van der Waals surface area contributed by atoms with Crippen LogP contribution in [0, 0.1) is 5.82 Å². The summed E-state index contributed by atoms with van der Waals surface area (Å²) >= 11 is 0. The minimum Gasteiger partial charge on any atom is -0.477 e. The number of aromatic amines is 1. The number of rotatable bonds is 3. The van der Waals surface area contributed by atoms with E-state index in [9.17, 15) is 9.18 Å². The lowest BCUT2D eigenvalue weighted by atomic mass is 10.1. The predicted molar refractivity (Wildman–Crippen MR) is 58.0 cm³/mol. The monoisotopic (exact) mass is 222 g/mol. The molecule has 0 amide bonds. The molecule has 4 nitrogen and oxygen atoms in total. The molecule has 1 aromatic heterocycles. The average molecular weight is 222 g/mol. The molecular weight excluding hydrogens is 211 g/mol.